The van der Waals surface area contributed by atoms with Gasteiger partial charge in [0, 0.05) is 18.6 Å². The molecule has 1 aliphatic carbocycles. The summed E-state index contributed by atoms with van der Waals surface area (Å²) in [5, 5.41) is 22.7. The monoisotopic (exact) mass is 238 g/mol. The Morgan fingerprint density at radius 2 is 2.18 bits per heavy atom. The summed E-state index contributed by atoms with van der Waals surface area (Å²) < 4.78 is 0. The lowest BCUT2D eigenvalue weighted by Crippen LogP contribution is -2.27. The zero-order chi connectivity index (χ0) is 12.3. The Kier molecular flexibility index (Phi) is 3.48. The average molecular weight is 238 g/mol. The van der Waals surface area contributed by atoms with E-state index < -0.39 is 4.92 Å². The number of hydrogen-bond acceptors (Lipinski definition) is 6. The highest BCUT2D eigenvalue weighted by Gasteiger charge is 2.27. The Labute approximate surface area is 98.1 Å². The van der Waals surface area contributed by atoms with Gasteiger partial charge in [-0.25, -0.2) is 9.97 Å². The maximum Gasteiger partial charge on any atom is 0.305 e. The first-order chi connectivity index (χ1) is 8.20. The molecule has 17 heavy (non-hydrogen) atoms. The van der Waals surface area contributed by atoms with Crippen molar-refractivity contribution in [3.63, 3.8) is 0 Å². The molecule has 1 fully saturated rings. The molecule has 7 heteroatoms. The van der Waals surface area contributed by atoms with E-state index in [0.29, 0.717) is 5.95 Å². The number of hydrogen-bond donors (Lipinski definition) is 2. The lowest BCUT2D eigenvalue weighted by molar-refractivity contribution is -0.385. The molecule has 7 nitrogen and oxygen atoms in total. The first-order valence-corrected chi connectivity index (χ1v) is 5.54. The number of rotatable bonds is 4. The van der Waals surface area contributed by atoms with E-state index in [2.05, 4.69) is 15.3 Å². The van der Waals surface area contributed by atoms with Crippen molar-refractivity contribution in [2.45, 2.75) is 25.3 Å². The van der Waals surface area contributed by atoms with E-state index in [4.69, 9.17) is 5.11 Å². The molecule has 92 valence electrons. The SMILES string of the molecule is O=[N+]([O-])c1cnc(NC2CCCC2CO)nc1. The van der Waals surface area contributed by atoms with Crippen molar-refractivity contribution in [2.75, 3.05) is 11.9 Å². The van der Waals surface area contributed by atoms with E-state index in [0.717, 1.165) is 19.3 Å². The van der Waals surface area contributed by atoms with Gasteiger partial charge < -0.3 is 10.4 Å². The molecule has 1 aromatic rings. The largest absolute Gasteiger partial charge is 0.396 e. The number of aromatic nitrogens is 2. The highest BCUT2D eigenvalue weighted by Crippen LogP contribution is 2.27. The van der Waals surface area contributed by atoms with Gasteiger partial charge in [0.05, 0.1) is 4.92 Å². The normalized spacial score (nSPS) is 23.6. The van der Waals surface area contributed by atoms with Crippen LogP contribution in [0.2, 0.25) is 0 Å². The first kappa shape index (κ1) is 11.7. The standard InChI is InChI=1S/C10H14N4O3/c15-6-7-2-1-3-9(7)13-10-11-4-8(5-12-10)14(16)17/h4-5,7,9,15H,1-3,6H2,(H,11,12,13). The number of nitrogens with one attached hydrogen (secondary N) is 1. The summed E-state index contributed by atoms with van der Waals surface area (Å²) in [5.41, 5.74) is -0.124. The van der Waals surface area contributed by atoms with Crippen LogP contribution in [0.3, 0.4) is 0 Å². The van der Waals surface area contributed by atoms with Gasteiger partial charge in [0.15, 0.2) is 0 Å². The minimum absolute atomic E-state index is 0.124. The van der Waals surface area contributed by atoms with Gasteiger partial charge in [0.2, 0.25) is 5.95 Å². The Balaban J connectivity index is 2.01. The van der Waals surface area contributed by atoms with Crippen molar-refractivity contribution in [3.8, 4) is 0 Å². The second-order valence-corrected chi connectivity index (χ2v) is 4.15. The fraction of sp³-hybridized carbons (Fsp3) is 0.600. The van der Waals surface area contributed by atoms with Gasteiger partial charge >= 0.3 is 5.69 Å². The van der Waals surface area contributed by atoms with Gasteiger partial charge in [-0.1, -0.05) is 6.42 Å². The molecule has 2 rings (SSSR count). The van der Waals surface area contributed by atoms with Gasteiger partial charge in [-0.15, -0.1) is 0 Å². The van der Waals surface area contributed by atoms with E-state index in [-0.39, 0.29) is 24.3 Å². The smallest absolute Gasteiger partial charge is 0.305 e. The van der Waals surface area contributed by atoms with Crippen molar-refractivity contribution in [1.29, 1.82) is 0 Å². The second kappa shape index (κ2) is 5.05. The number of aliphatic hydroxyl groups is 1. The minimum atomic E-state index is -0.532. The van der Waals surface area contributed by atoms with Gasteiger partial charge in [0.1, 0.15) is 12.4 Å². The van der Waals surface area contributed by atoms with Crippen LogP contribution in [-0.4, -0.2) is 32.6 Å². The first-order valence-electron chi connectivity index (χ1n) is 5.54. The second-order valence-electron chi connectivity index (χ2n) is 4.15. The Hall–Kier alpha value is -1.76. The predicted molar refractivity (Wildman–Crippen MR) is 60.5 cm³/mol. The fourth-order valence-corrected chi connectivity index (χ4v) is 2.10. The lowest BCUT2D eigenvalue weighted by atomic mass is 10.1. The number of anilines is 1. The van der Waals surface area contributed by atoms with Gasteiger partial charge in [-0.2, -0.15) is 0 Å². The summed E-state index contributed by atoms with van der Waals surface area (Å²) in [6, 6.07) is 0.154. The Morgan fingerprint density at radius 1 is 1.47 bits per heavy atom. The van der Waals surface area contributed by atoms with Crippen LogP contribution < -0.4 is 5.32 Å². The third-order valence-electron chi connectivity index (χ3n) is 3.06. The molecule has 1 heterocycles. The van der Waals surface area contributed by atoms with E-state index in [1.54, 1.807) is 0 Å². The Bertz CT molecular complexity index is 395. The number of nitro groups is 1. The van der Waals surface area contributed by atoms with Crippen molar-refractivity contribution in [2.24, 2.45) is 5.92 Å². The van der Waals surface area contributed by atoms with E-state index in [9.17, 15) is 10.1 Å². The Morgan fingerprint density at radius 3 is 2.76 bits per heavy atom. The molecule has 0 radical (unpaired) electrons. The van der Waals surface area contributed by atoms with Gasteiger partial charge in [-0.05, 0) is 12.8 Å². The molecule has 0 amide bonds. The van der Waals surface area contributed by atoms with Crippen molar-refractivity contribution in [3.05, 3.63) is 22.5 Å². The fourth-order valence-electron chi connectivity index (χ4n) is 2.10. The molecule has 0 spiro atoms. The predicted octanol–water partition coefficient (Wildman–Crippen LogP) is 0.958. The molecule has 0 saturated heterocycles. The zero-order valence-corrected chi connectivity index (χ0v) is 9.24. The topological polar surface area (TPSA) is 101 Å². The zero-order valence-electron chi connectivity index (χ0n) is 9.24. The van der Waals surface area contributed by atoms with Gasteiger partial charge in [0.25, 0.3) is 0 Å². The molecule has 1 aliphatic rings. The highest BCUT2D eigenvalue weighted by molar-refractivity contribution is 5.32. The van der Waals surface area contributed by atoms with E-state index in [1.807, 2.05) is 0 Å². The minimum Gasteiger partial charge on any atom is -0.396 e. The molecular weight excluding hydrogens is 224 g/mol. The van der Waals surface area contributed by atoms with Crippen LogP contribution in [0, 0.1) is 16.0 Å². The van der Waals surface area contributed by atoms with Crippen LogP contribution in [0.4, 0.5) is 11.6 Å². The molecular formula is C10H14N4O3. The summed E-state index contributed by atoms with van der Waals surface area (Å²) >= 11 is 0. The molecule has 2 unspecified atom stereocenters. The number of aliphatic hydroxyl groups excluding tert-OH is 1. The summed E-state index contributed by atoms with van der Waals surface area (Å²) in [4.78, 5) is 17.7. The summed E-state index contributed by atoms with van der Waals surface area (Å²) in [7, 11) is 0. The van der Waals surface area contributed by atoms with Crippen LogP contribution in [0.5, 0.6) is 0 Å². The molecule has 1 aromatic heterocycles. The molecule has 1 saturated carbocycles. The highest BCUT2D eigenvalue weighted by atomic mass is 16.6. The van der Waals surface area contributed by atoms with Crippen LogP contribution in [0.15, 0.2) is 12.4 Å². The third kappa shape index (κ3) is 2.68. The number of nitrogens with zero attached hydrogens (tertiary/aromatic N) is 3. The van der Waals surface area contributed by atoms with Crippen molar-refractivity contribution < 1.29 is 10.0 Å². The average Bonchev–Trinajstić information content (AvgIpc) is 2.77. The molecule has 0 bridgehead atoms. The van der Waals surface area contributed by atoms with E-state index in [1.165, 1.54) is 12.4 Å². The molecule has 0 aromatic carbocycles. The van der Waals surface area contributed by atoms with Crippen LogP contribution in [0.25, 0.3) is 0 Å². The van der Waals surface area contributed by atoms with Crippen molar-refractivity contribution in [1.82, 2.24) is 9.97 Å². The van der Waals surface area contributed by atoms with Gasteiger partial charge in [-0.3, -0.25) is 10.1 Å². The molecule has 2 N–H and O–H groups in total. The van der Waals surface area contributed by atoms with E-state index >= 15 is 0 Å². The summed E-state index contributed by atoms with van der Waals surface area (Å²) in [6.07, 6.45) is 5.37. The third-order valence-corrected chi connectivity index (χ3v) is 3.06. The van der Waals surface area contributed by atoms with Crippen LogP contribution in [-0.2, 0) is 0 Å². The van der Waals surface area contributed by atoms with Crippen molar-refractivity contribution >= 4 is 11.6 Å². The van der Waals surface area contributed by atoms with Crippen LogP contribution >= 0.6 is 0 Å². The molecule has 0 aliphatic heterocycles. The quantitative estimate of drug-likeness (QED) is 0.598. The maximum atomic E-state index is 10.4. The maximum absolute atomic E-state index is 10.4. The summed E-state index contributed by atoms with van der Waals surface area (Å²) in [5.74, 6) is 0.592. The molecule has 2 atom stereocenters. The lowest BCUT2D eigenvalue weighted by Gasteiger charge is -2.18. The van der Waals surface area contributed by atoms with Crippen LogP contribution in [0.1, 0.15) is 19.3 Å². The summed E-state index contributed by atoms with van der Waals surface area (Å²) in [6.45, 7) is 0.144.